The highest BCUT2D eigenvalue weighted by Crippen LogP contribution is 2.29. The van der Waals surface area contributed by atoms with Gasteiger partial charge < -0.3 is 5.32 Å². The van der Waals surface area contributed by atoms with Crippen LogP contribution in [0.4, 0.5) is 0 Å². The zero-order valence-corrected chi connectivity index (χ0v) is 10.1. The number of rotatable bonds is 1. The molecule has 0 bridgehead atoms. The van der Waals surface area contributed by atoms with Crippen LogP contribution in [0.5, 0.6) is 0 Å². The summed E-state index contributed by atoms with van der Waals surface area (Å²) in [6, 6.07) is 7.18. The third-order valence-electron chi connectivity index (χ3n) is 2.84. The summed E-state index contributed by atoms with van der Waals surface area (Å²) in [5.41, 5.74) is 2.73. The van der Waals surface area contributed by atoms with E-state index < -0.39 is 0 Å². The fraction of sp³-hybridized carbons (Fsp3) is 0.500. The maximum Gasteiger partial charge on any atom is 0.0331 e. The van der Waals surface area contributed by atoms with Gasteiger partial charge in [-0.25, -0.2) is 0 Å². The van der Waals surface area contributed by atoms with Crippen LogP contribution in [0, 0.1) is 6.92 Å². The first-order valence-electron chi connectivity index (χ1n) is 5.27. The van der Waals surface area contributed by atoms with Gasteiger partial charge in [-0.05, 0) is 43.5 Å². The van der Waals surface area contributed by atoms with Crippen LogP contribution in [0.2, 0.25) is 0 Å². The lowest BCUT2D eigenvalue weighted by atomic mass is 9.97. The maximum atomic E-state index is 3.64. The van der Waals surface area contributed by atoms with Crippen LogP contribution < -0.4 is 5.32 Å². The molecule has 2 rings (SSSR count). The summed E-state index contributed by atoms with van der Waals surface area (Å²) in [5.74, 6) is 0. The first-order valence-corrected chi connectivity index (χ1v) is 6.06. The van der Waals surface area contributed by atoms with Gasteiger partial charge in [0.25, 0.3) is 0 Å². The lowest BCUT2D eigenvalue weighted by molar-refractivity contribution is 0.411. The van der Waals surface area contributed by atoms with E-state index in [0.717, 1.165) is 6.54 Å². The summed E-state index contributed by atoms with van der Waals surface area (Å²) >= 11 is 3.64. The second kappa shape index (κ2) is 4.45. The van der Waals surface area contributed by atoms with Gasteiger partial charge in [0.05, 0.1) is 0 Å². The average Bonchev–Trinajstić information content (AvgIpc) is 2.19. The van der Waals surface area contributed by atoms with Crippen molar-refractivity contribution in [3.8, 4) is 0 Å². The fourth-order valence-electron chi connectivity index (χ4n) is 2.03. The van der Waals surface area contributed by atoms with E-state index in [1.165, 1.54) is 34.9 Å². The fourth-order valence-corrected chi connectivity index (χ4v) is 2.80. The van der Waals surface area contributed by atoms with Crippen LogP contribution in [0.3, 0.4) is 0 Å². The Hall–Kier alpha value is -0.340. The van der Waals surface area contributed by atoms with Crippen molar-refractivity contribution in [2.75, 3.05) is 6.54 Å². The molecule has 0 spiro atoms. The highest BCUT2D eigenvalue weighted by molar-refractivity contribution is 9.10. The van der Waals surface area contributed by atoms with Gasteiger partial charge in [0, 0.05) is 10.5 Å². The van der Waals surface area contributed by atoms with E-state index >= 15 is 0 Å². The molecule has 0 saturated carbocycles. The molecule has 0 radical (unpaired) electrons. The van der Waals surface area contributed by atoms with Crippen LogP contribution in [0.25, 0.3) is 0 Å². The third kappa shape index (κ3) is 2.18. The molecule has 1 aromatic carbocycles. The van der Waals surface area contributed by atoms with Gasteiger partial charge in [-0.2, -0.15) is 0 Å². The molecule has 1 atom stereocenters. The van der Waals surface area contributed by atoms with Gasteiger partial charge in [0.1, 0.15) is 0 Å². The molecular formula is C12H16BrN. The van der Waals surface area contributed by atoms with Crippen molar-refractivity contribution in [2.45, 2.75) is 32.2 Å². The van der Waals surface area contributed by atoms with Gasteiger partial charge in [-0.3, -0.25) is 0 Å². The second-order valence-corrected chi connectivity index (χ2v) is 4.88. The molecule has 0 aromatic heterocycles. The lowest BCUT2D eigenvalue weighted by Gasteiger charge is -2.24. The Morgan fingerprint density at radius 1 is 1.36 bits per heavy atom. The van der Waals surface area contributed by atoms with Gasteiger partial charge in [-0.1, -0.05) is 34.5 Å². The highest BCUT2D eigenvalue weighted by Gasteiger charge is 2.16. The van der Waals surface area contributed by atoms with Crippen molar-refractivity contribution < 1.29 is 0 Å². The first-order chi connectivity index (χ1) is 6.77. The zero-order valence-electron chi connectivity index (χ0n) is 8.52. The van der Waals surface area contributed by atoms with Gasteiger partial charge in [0.15, 0.2) is 0 Å². The quantitative estimate of drug-likeness (QED) is 0.807. The minimum atomic E-state index is 0.554. The Morgan fingerprint density at radius 3 is 2.86 bits per heavy atom. The predicted molar refractivity (Wildman–Crippen MR) is 63.5 cm³/mol. The molecule has 1 nitrogen and oxygen atoms in total. The summed E-state index contributed by atoms with van der Waals surface area (Å²) in [6.07, 6.45) is 3.93. The molecular weight excluding hydrogens is 238 g/mol. The molecule has 14 heavy (non-hydrogen) atoms. The van der Waals surface area contributed by atoms with E-state index in [4.69, 9.17) is 0 Å². The Bertz CT molecular complexity index is 316. The molecule has 0 aliphatic carbocycles. The molecule has 1 heterocycles. The van der Waals surface area contributed by atoms with Crippen LogP contribution in [-0.2, 0) is 0 Å². The van der Waals surface area contributed by atoms with Crippen LogP contribution in [-0.4, -0.2) is 6.54 Å². The van der Waals surface area contributed by atoms with Crippen molar-refractivity contribution in [1.82, 2.24) is 5.32 Å². The van der Waals surface area contributed by atoms with Crippen molar-refractivity contribution in [3.63, 3.8) is 0 Å². The molecule has 1 N–H and O–H groups in total. The maximum absolute atomic E-state index is 3.64. The largest absolute Gasteiger partial charge is 0.310 e. The smallest absolute Gasteiger partial charge is 0.0331 e. The molecule has 0 amide bonds. The molecule has 1 aromatic rings. The van der Waals surface area contributed by atoms with E-state index in [2.05, 4.69) is 46.4 Å². The third-order valence-corrected chi connectivity index (χ3v) is 3.53. The number of nitrogens with one attached hydrogen (secondary N) is 1. The van der Waals surface area contributed by atoms with Crippen molar-refractivity contribution in [3.05, 3.63) is 33.8 Å². The predicted octanol–water partition coefficient (Wildman–Crippen LogP) is 3.57. The molecule has 1 aliphatic rings. The van der Waals surface area contributed by atoms with Crippen LogP contribution in [0.15, 0.2) is 22.7 Å². The Labute approximate surface area is 94.0 Å². The molecule has 1 aliphatic heterocycles. The summed E-state index contributed by atoms with van der Waals surface area (Å²) in [5, 5.41) is 3.57. The number of hydrogen-bond donors (Lipinski definition) is 1. The first kappa shape index (κ1) is 10.2. The average molecular weight is 254 g/mol. The summed E-state index contributed by atoms with van der Waals surface area (Å²) < 4.78 is 1.25. The highest BCUT2D eigenvalue weighted by atomic mass is 79.9. The lowest BCUT2D eigenvalue weighted by Crippen LogP contribution is -2.26. The summed E-state index contributed by atoms with van der Waals surface area (Å²) in [6.45, 7) is 3.29. The number of aryl methyl sites for hydroxylation is 1. The monoisotopic (exact) mass is 253 g/mol. The summed E-state index contributed by atoms with van der Waals surface area (Å²) in [4.78, 5) is 0. The van der Waals surface area contributed by atoms with E-state index in [1.54, 1.807) is 0 Å². The van der Waals surface area contributed by atoms with Crippen molar-refractivity contribution in [2.24, 2.45) is 0 Å². The number of piperidine rings is 1. The minimum Gasteiger partial charge on any atom is -0.310 e. The van der Waals surface area contributed by atoms with Gasteiger partial charge >= 0.3 is 0 Å². The molecule has 1 unspecified atom stereocenters. The minimum absolute atomic E-state index is 0.554. The van der Waals surface area contributed by atoms with Crippen LogP contribution in [0.1, 0.15) is 36.4 Å². The van der Waals surface area contributed by atoms with E-state index in [1.807, 2.05) is 0 Å². The molecule has 2 heteroatoms. The van der Waals surface area contributed by atoms with Gasteiger partial charge in [0.2, 0.25) is 0 Å². The number of hydrogen-bond acceptors (Lipinski definition) is 1. The molecule has 1 fully saturated rings. The normalized spacial score (nSPS) is 22.3. The Balaban J connectivity index is 2.22. The van der Waals surface area contributed by atoms with Gasteiger partial charge in [-0.15, -0.1) is 0 Å². The zero-order chi connectivity index (χ0) is 9.97. The van der Waals surface area contributed by atoms with E-state index in [-0.39, 0.29) is 0 Å². The standard InChI is InChI=1S/C12H16BrN/c1-9-5-6-10(11(13)8-9)12-4-2-3-7-14-12/h5-6,8,12,14H,2-4,7H2,1H3. The Kier molecular flexibility index (Phi) is 3.24. The topological polar surface area (TPSA) is 12.0 Å². The number of benzene rings is 1. The summed E-state index contributed by atoms with van der Waals surface area (Å²) in [7, 11) is 0. The van der Waals surface area contributed by atoms with Crippen molar-refractivity contribution in [1.29, 1.82) is 0 Å². The van der Waals surface area contributed by atoms with Crippen LogP contribution >= 0.6 is 15.9 Å². The molecule has 76 valence electrons. The molecule has 1 saturated heterocycles. The van der Waals surface area contributed by atoms with Crippen molar-refractivity contribution >= 4 is 15.9 Å². The van der Waals surface area contributed by atoms with E-state index in [9.17, 15) is 0 Å². The Morgan fingerprint density at radius 2 is 2.21 bits per heavy atom. The number of halogens is 1. The SMILES string of the molecule is Cc1ccc(C2CCCCN2)c(Br)c1. The second-order valence-electron chi connectivity index (χ2n) is 4.03. The van der Waals surface area contributed by atoms with E-state index in [0.29, 0.717) is 6.04 Å².